The number of benzene rings is 1. The predicted octanol–water partition coefficient (Wildman–Crippen LogP) is 3.35. The molecule has 0 bridgehead atoms. The van der Waals surface area contributed by atoms with Crippen LogP contribution in [0.3, 0.4) is 0 Å². The van der Waals surface area contributed by atoms with Crippen LogP contribution in [0.4, 0.5) is 9.18 Å². The second kappa shape index (κ2) is 7.62. The van der Waals surface area contributed by atoms with E-state index in [9.17, 15) is 18.8 Å². The Hall–Kier alpha value is -2.45. The lowest BCUT2D eigenvalue weighted by atomic mass is 10.2. The molecule has 1 fully saturated rings. The van der Waals surface area contributed by atoms with Crippen molar-refractivity contribution in [1.82, 2.24) is 10.2 Å². The molecule has 1 saturated heterocycles. The van der Waals surface area contributed by atoms with Gasteiger partial charge in [-0.25, -0.2) is 4.39 Å². The van der Waals surface area contributed by atoms with Crippen molar-refractivity contribution in [1.29, 1.82) is 0 Å². The quantitative estimate of drug-likeness (QED) is 0.813. The van der Waals surface area contributed by atoms with E-state index in [1.807, 2.05) is 0 Å². The van der Waals surface area contributed by atoms with E-state index in [2.05, 4.69) is 5.32 Å². The van der Waals surface area contributed by atoms with E-state index in [-0.39, 0.29) is 29.5 Å². The van der Waals surface area contributed by atoms with Crippen LogP contribution < -0.4 is 5.32 Å². The van der Waals surface area contributed by atoms with Gasteiger partial charge < -0.3 is 5.32 Å². The zero-order valence-electron chi connectivity index (χ0n) is 12.9. The lowest BCUT2D eigenvalue weighted by Crippen LogP contribution is -2.37. The number of halogens is 1. The molecule has 8 heteroatoms. The maximum absolute atomic E-state index is 13.7. The molecular weight excluding hydrogens is 363 g/mol. The molecule has 1 aliphatic heterocycles. The highest BCUT2D eigenvalue weighted by Gasteiger charge is 2.34. The first kappa shape index (κ1) is 17.4. The molecule has 1 N–H and O–H groups in total. The van der Waals surface area contributed by atoms with Gasteiger partial charge in [-0.15, -0.1) is 0 Å². The Labute approximate surface area is 151 Å². The van der Waals surface area contributed by atoms with Crippen LogP contribution >= 0.6 is 23.1 Å². The highest BCUT2D eigenvalue weighted by atomic mass is 32.2. The summed E-state index contributed by atoms with van der Waals surface area (Å²) in [6, 6.07) is 7.71. The van der Waals surface area contributed by atoms with E-state index in [0.717, 1.165) is 16.7 Å². The van der Waals surface area contributed by atoms with Crippen molar-refractivity contribution in [3.63, 3.8) is 0 Å². The molecule has 2 aromatic rings. The van der Waals surface area contributed by atoms with E-state index >= 15 is 0 Å². The Morgan fingerprint density at radius 2 is 2.04 bits per heavy atom. The summed E-state index contributed by atoms with van der Waals surface area (Å²) in [5.74, 6) is -1.20. The third kappa shape index (κ3) is 3.97. The van der Waals surface area contributed by atoms with Crippen molar-refractivity contribution in [2.75, 3.05) is 13.1 Å². The molecule has 3 amide bonds. The highest BCUT2D eigenvalue weighted by molar-refractivity contribution is 8.18. The Bertz CT molecular complexity index is 849. The van der Waals surface area contributed by atoms with Gasteiger partial charge in [0.1, 0.15) is 5.82 Å². The number of carbonyl (C=O) groups excluding carboxylic acids is 3. The van der Waals surface area contributed by atoms with Gasteiger partial charge in [-0.1, -0.05) is 18.2 Å². The minimum Gasteiger partial charge on any atom is -0.350 e. The number of thiophene rings is 1. The minimum absolute atomic E-state index is 0.0646. The second-order valence-electron chi connectivity index (χ2n) is 5.12. The Kier molecular flexibility index (Phi) is 5.30. The van der Waals surface area contributed by atoms with Crippen molar-refractivity contribution >= 4 is 46.2 Å². The molecule has 1 aromatic heterocycles. The molecule has 0 spiro atoms. The van der Waals surface area contributed by atoms with Crippen molar-refractivity contribution in [3.8, 4) is 0 Å². The average molecular weight is 376 g/mol. The van der Waals surface area contributed by atoms with Crippen LogP contribution in [-0.4, -0.2) is 35.0 Å². The summed E-state index contributed by atoms with van der Waals surface area (Å²) in [6.45, 7) is 0.217. The highest BCUT2D eigenvalue weighted by Crippen LogP contribution is 2.32. The Balaban J connectivity index is 1.62. The molecular formula is C17H13FN2O3S2. The SMILES string of the molecule is O=C(NCCN1C(=O)S/C(=C/c2ccccc2F)C1=O)c1ccsc1. The fourth-order valence-corrected chi connectivity index (χ4v) is 3.69. The van der Waals surface area contributed by atoms with Gasteiger partial charge in [0, 0.05) is 29.6 Å². The first-order valence-electron chi connectivity index (χ1n) is 7.36. The molecule has 3 rings (SSSR count). The van der Waals surface area contributed by atoms with Crippen LogP contribution in [0.2, 0.25) is 0 Å². The lowest BCUT2D eigenvalue weighted by Gasteiger charge is -2.12. The summed E-state index contributed by atoms with van der Waals surface area (Å²) in [4.78, 5) is 37.4. The molecule has 0 radical (unpaired) electrons. The largest absolute Gasteiger partial charge is 0.350 e. The van der Waals surface area contributed by atoms with Gasteiger partial charge in [-0.05, 0) is 35.4 Å². The first-order valence-corrected chi connectivity index (χ1v) is 9.12. The molecule has 0 atom stereocenters. The number of amides is 3. The number of hydrogen-bond acceptors (Lipinski definition) is 5. The predicted molar refractivity (Wildman–Crippen MR) is 95.7 cm³/mol. The van der Waals surface area contributed by atoms with Gasteiger partial charge in [-0.2, -0.15) is 11.3 Å². The number of nitrogens with zero attached hydrogens (tertiary/aromatic N) is 1. The number of thioether (sulfide) groups is 1. The standard InChI is InChI=1S/C17H13FN2O3S2/c18-13-4-2-1-3-11(13)9-14-16(22)20(17(23)25-14)7-6-19-15(21)12-5-8-24-10-12/h1-5,8-10H,6-7H2,(H,19,21)/b14-9+. The van der Waals surface area contributed by atoms with Crippen molar-refractivity contribution in [2.24, 2.45) is 0 Å². The van der Waals surface area contributed by atoms with Crippen molar-refractivity contribution in [3.05, 3.63) is 62.9 Å². The van der Waals surface area contributed by atoms with Gasteiger partial charge in [0.2, 0.25) is 0 Å². The number of hydrogen-bond donors (Lipinski definition) is 1. The van der Waals surface area contributed by atoms with E-state index in [1.165, 1.54) is 29.5 Å². The van der Waals surface area contributed by atoms with Crippen LogP contribution in [0.5, 0.6) is 0 Å². The van der Waals surface area contributed by atoms with Crippen LogP contribution in [-0.2, 0) is 4.79 Å². The van der Waals surface area contributed by atoms with Crippen molar-refractivity contribution < 1.29 is 18.8 Å². The zero-order chi connectivity index (χ0) is 17.8. The molecule has 1 aromatic carbocycles. The summed E-state index contributed by atoms with van der Waals surface area (Å²) in [6.07, 6.45) is 1.37. The minimum atomic E-state index is -0.483. The lowest BCUT2D eigenvalue weighted by molar-refractivity contribution is -0.122. The van der Waals surface area contributed by atoms with E-state index in [4.69, 9.17) is 0 Å². The number of imide groups is 1. The second-order valence-corrected chi connectivity index (χ2v) is 6.90. The van der Waals surface area contributed by atoms with E-state index in [1.54, 1.807) is 29.0 Å². The summed E-state index contributed by atoms with van der Waals surface area (Å²) < 4.78 is 13.7. The summed E-state index contributed by atoms with van der Waals surface area (Å²) >= 11 is 2.17. The fraction of sp³-hybridized carbons (Fsp3) is 0.118. The number of nitrogens with one attached hydrogen (secondary N) is 1. The molecule has 5 nitrogen and oxygen atoms in total. The smallest absolute Gasteiger partial charge is 0.293 e. The molecule has 0 saturated carbocycles. The maximum Gasteiger partial charge on any atom is 0.293 e. The monoisotopic (exact) mass is 376 g/mol. The normalized spacial score (nSPS) is 15.9. The third-order valence-electron chi connectivity index (χ3n) is 3.47. The summed E-state index contributed by atoms with van der Waals surface area (Å²) in [5, 5.41) is 5.73. The van der Waals surface area contributed by atoms with Crippen LogP contribution in [0.15, 0.2) is 46.0 Å². The number of rotatable bonds is 5. The molecule has 2 heterocycles. The van der Waals surface area contributed by atoms with Gasteiger partial charge >= 0.3 is 0 Å². The van der Waals surface area contributed by atoms with Crippen molar-refractivity contribution in [2.45, 2.75) is 0 Å². The summed E-state index contributed by atoms with van der Waals surface area (Å²) in [7, 11) is 0. The topological polar surface area (TPSA) is 66.5 Å². The Morgan fingerprint density at radius 3 is 2.76 bits per heavy atom. The fourth-order valence-electron chi connectivity index (χ4n) is 2.20. The van der Waals surface area contributed by atoms with Gasteiger partial charge in [0.25, 0.3) is 17.1 Å². The summed E-state index contributed by atoms with van der Waals surface area (Å²) in [5.41, 5.74) is 0.789. The Morgan fingerprint density at radius 1 is 1.24 bits per heavy atom. The molecule has 0 aliphatic carbocycles. The average Bonchev–Trinajstić information content (AvgIpc) is 3.21. The molecule has 1 aliphatic rings. The molecule has 0 unspecified atom stereocenters. The van der Waals surface area contributed by atoms with E-state index < -0.39 is 17.0 Å². The van der Waals surface area contributed by atoms with E-state index in [0.29, 0.717) is 5.56 Å². The van der Waals surface area contributed by atoms with Crippen LogP contribution in [0, 0.1) is 5.82 Å². The van der Waals surface area contributed by atoms with Gasteiger partial charge in [0.15, 0.2) is 0 Å². The van der Waals surface area contributed by atoms with Gasteiger partial charge in [-0.3, -0.25) is 19.3 Å². The third-order valence-corrected chi connectivity index (χ3v) is 5.06. The number of carbonyl (C=O) groups is 3. The first-order chi connectivity index (χ1) is 12.1. The molecule has 25 heavy (non-hydrogen) atoms. The molecule has 128 valence electrons. The zero-order valence-corrected chi connectivity index (χ0v) is 14.5. The van der Waals surface area contributed by atoms with Gasteiger partial charge in [0.05, 0.1) is 4.91 Å². The van der Waals surface area contributed by atoms with Crippen LogP contribution in [0.25, 0.3) is 6.08 Å². The maximum atomic E-state index is 13.7. The van der Waals surface area contributed by atoms with Crippen LogP contribution in [0.1, 0.15) is 15.9 Å².